The molecule has 0 heterocycles. The minimum Gasteiger partial charge on any atom is -0.377 e. The first-order chi connectivity index (χ1) is 8.61. The molecular weight excluding hydrogens is 224 g/mol. The summed E-state index contributed by atoms with van der Waals surface area (Å²) >= 11 is 0. The van der Waals surface area contributed by atoms with E-state index in [1.807, 2.05) is 0 Å². The SMILES string of the molecule is CCC(CC)(OC)C(Cc1ccc(C)cc1)NN. The van der Waals surface area contributed by atoms with Crippen LogP contribution in [0.1, 0.15) is 37.8 Å². The van der Waals surface area contributed by atoms with Crippen LogP contribution in [0, 0.1) is 6.92 Å². The van der Waals surface area contributed by atoms with Crippen LogP contribution >= 0.6 is 0 Å². The van der Waals surface area contributed by atoms with Crippen molar-refractivity contribution in [3.63, 3.8) is 0 Å². The van der Waals surface area contributed by atoms with Gasteiger partial charge in [-0.2, -0.15) is 0 Å². The van der Waals surface area contributed by atoms with Crippen LogP contribution in [0.15, 0.2) is 24.3 Å². The molecule has 0 spiro atoms. The number of hydrogen-bond donors (Lipinski definition) is 2. The van der Waals surface area contributed by atoms with Gasteiger partial charge in [-0.05, 0) is 31.7 Å². The summed E-state index contributed by atoms with van der Waals surface area (Å²) in [6.45, 7) is 6.39. The molecule has 3 nitrogen and oxygen atoms in total. The number of hydrogen-bond acceptors (Lipinski definition) is 3. The topological polar surface area (TPSA) is 47.3 Å². The Labute approximate surface area is 111 Å². The maximum Gasteiger partial charge on any atom is 0.0842 e. The number of nitrogens with one attached hydrogen (secondary N) is 1. The van der Waals surface area contributed by atoms with Gasteiger partial charge in [0.2, 0.25) is 0 Å². The molecule has 0 radical (unpaired) electrons. The molecule has 1 rings (SSSR count). The number of rotatable bonds is 7. The summed E-state index contributed by atoms with van der Waals surface area (Å²) in [5.41, 5.74) is 5.30. The van der Waals surface area contributed by atoms with Gasteiger partial charge < -0.3 is 4.74 Å². The Bertz CT molecular complexity index is 336. The summed E-state index contributed by atoms with van der Waals surface area (Å²) in [5.74, 6) is 5.73. The lowest BCUT2D eigenvalue weighted by molar-refractivity contribution is -0.0473. The Kier molecular flexibility index (Phi) is 5.79. The highest BCUT2D eigenvalue weighted by atomic mass is 16.5. The molecule has 1 aromatic carbocycles. The fourth-order valence-corrected chi connectivity index (χ4v) is 2.53. The van der Waals surface area contributed by atoms with Crippen LogP contribution in [-0.4, -0.2) is 18.8 Å². The van der Waals surface area contributed by atoms with E-state index in [1.165, 1.54) is 11.1 Å². The third-order valence-corrected chi connectivity index (χ3v) is 4.00. The molecular formula is C15H26N2O. The Morgan fingerprint density at radius 3 is 2.17 bits per heavy atom. The molecule has 0 saturated heterocycles. The number of methoxy groups -OCH3 is 1. The first kappa shape index (κ1) is 15.2. The Morgan fingerprint density at radius 1 is 1.22 bits per heavy atom. The quantitative estimate of drug-likeness (QED) is 0.577. The molecule has 0 bridgehead atoms. The van der Waals surface area contributed by atoms with Crippen LogP contribution in [0.2, 0.25) is 0 Å². The molecule has 0 fully saturated rings. The Balaban J connectivity index is 2.86. The van der Waals surface area contributed by atoms with E-state index < -0.39 is 0 Å². The van der Waals surface area contributed by atoms with E-state index in [0.717, 1.165) is 19.3 Å². The fraction of sp³-hybridized carbons (Fsp3) is 0.600. The lowest BCUT2D eigenvalue weighted by Gasteiger charge is -2.38. The van der Waals surface area contributed by atoms with Gasteiger partial charge in [0.05, 0.1) is 11.6 Å². The van der Waals surface area contributed by atoms with Crippen molar-refractivity contribution in [2.24, 2.45) is 5.84 Å². The fourth-order valence-electron chi connectivity index (χ4n) is 2.53. The van der Waals surface area contributed by atoms with Crippen LogP contribution < -0.4 is 11.3 Å². The lowest BCUT2D eigenvalue weighted by Crippen LogP contribution is -2.55. The van der Waals surface area contributed by atoms with Gasteiger partial charge in [-0.15, -0.1) is 0 Å². The van der Waals surface area contributed by atoms with E-state index in [1.54, 1.807) is 7.11 Å². The van der Waals surface area contributed by atoms with Crippen LogP contribution in [0.3, 0.4) is 0 Å². The summed E-state index contributed by atoms with van der Waals surface area (Å²) in [6, 6.07) is 8.71. The molecule has 0 aliphatic heterocycles. The summed E-state index contributed by atoms with van der Waals surface area (Å²) in [5, 5.41) is 0. The second kappa shape index (κ2) is 6.88. The standard InChI is InChI=1S/C15H26N2O/c1-5-15(6-2,18-4)14(17-16)11-13-9-7-12(3)8-10-13/h7-10,14,17H,5-6,11,16H2,1-4H3. The highest BCUT2D eigenvalue weighted by Gasteiger charge is 2.35. The van der Waals surface area contributed by atoms with Crippen LogP contribution in [-0.2, 0) is 11.2 Å². The minimum atomic E-state index is -0.195. The second-order valence-corrected chi connectivity index (χ2v) is 4.88. The number of aryl methyl sites for hydroxylation is 1. The Morgan fingerprint density at radius 2 is 1.78 bits per heavy atom. The Hall–Kier alpha value is -0.900. The van der Waals surface area contributed by atoms with Crippen molar-refractivity contribution in [1.82, 2.24) is 5.43 Å². The first-order valence-corrected chi connectivity index (χ1v) is 6.68. The highest BCUT2D eigenvalue weighted by Crippen LogP contribution is 2.26. The number of nitrogens with two attached hydrogens (primary N) is 1. The van der Waals surface area contributed by atoms with E-state index in [9.17, 15) is 0 Å². The number of hydrazine groups is 1. The van der Waals surface area contributed by atoms with Crippen molar-refractivity contribution in [1.29, 1.82) is 0 Å². The molecule has 0 aromatic heterocycles. The normalized spacial score (nSPS) is 13.6. The van der Waals surface area contributed by atoms with Gasteiger partial charge in [-0.25, -0.2) is 0 Å². The molecule has 1 atom stereocenters. The van der Waals surface area contributed by atoms with Crippen LogP contribution in [0.5, 0.6) is 0 Å². The summed E-state index contributed by atoms with van der Waals surface area (Å²) in [6.07, 6.45) is 2.77. The first-order valence-electron chi connectivity index (χ1n) is 6.68. The predicted molar refractivity (Wildman–Crippen MR) is 76.3 cm³/mol. The van der Waals surface area contributed by atoms with Gasteiger partial charge in [0.25, 0.3) is 0 Å². The predicted octanol–water partition coefficient (Wildman–Crippen LogP) is 2.57. The molecule has 1 unspecified atom stereocenters. The summed E-state index contributed by atoms with van der Waals surface area (Å²) in [4.78, 5) is 0. The number of benzene rings is 1. The van der Waals surface area contributed by atoms with E-state index >= 15 is 0 Å². The average molecular weight is 250 g/mol. The van der Waals surface area contributed by atoms with Crippen LogP contribution in [0.25, 0.3) is 0 Å². The van der Waals surface area contributed by atoms with Crippen molar-refractivity contribution in [2.75, 3.05) is 7.11 Å². The van der Waals surface area contributed by atoms with Gasteiger partial charge in [0.15, 0.2) is 0 Å². The molecule has 0 aliphatic carbocycles. The smallest absolute Gasteiger partial charge is 0.0842 e. The third kappa shape index (κ3) is 3.31. The van der Waals surface area contributed by atoms with Gasteiger partial charge in [0.1, 0.15) is 0 Å². The van der Waals surface area contributed by atoms with Crippen molar-refractivity contribution >= 4 is 0 Å². The summed E-state index contributed by atoms with van der Waals surface area (Å²) < 4.78 is 5.74. The molecule has 0 saturated carbocycles. The minimum absolute atomic E-state index is 0.125. The van der Waals surface area contributed by atoms with E-state index in [2.05, 4.69) is 50.5 Å². The van der Waals surface area contributed by atoms with Crippen molar-refractivity contribution in [3.05, 3.63) is 35.4 Å². The zero-order chi connectivity index (χ0) is 13.6. The zero-order valence-corrected chi connectivity index (χ0v) is 12.0. The maximum atomic E-state index is 5.74. The van der Waals surface area contributed by atoms with E-state index in [0.29, 0.717) is 0 Å². The zero-order valence-electron chi connectivity index (χ0n) is 12.0. The van der Waals surface area contributed by atoms with E-state index in [4.69, 9.17) is 10.6 Å². The second-order valence-electron chi connectivity index (χ2n) is 4.88. The van der Waals surface area contributed by atoms with Crippen molar-refractivity contribution in [2.45, 2.75) is 51.7 Å². The molecule has 1 aromatic rings. The largest absolute Gasteiger partial charge is 0.377 e. The van der Waals surface area contributed by atoms with Crippen molar-refractivity contribution < 1.29 is 4.74 Å². The summed E-state index contributed by atoms with van der Waals surface area (Å²) in [7, 11) is 1.77. The molecule has 3 heteroatoms. The van der Waals surface area contributed by atoms with E-state index in [-0.39, 0.29) is 11.6 Å². The van der Waals surface area contributed by atoms with Gasteiger partial charge in [-0.1, -0.05) is 43.7 Å². The molecule has 3 N–H and O–H groups in total. The molecule has 102 valence electrons. The van der Waals surface area contributed by atoms with Gasteiger partial charge >= 0.3 is 0 Å². The third-order valence-electron chi connectivity index (χ3n) is 4.00. The van der Waals surface area contributed by atoms with Crippen molar-refractivity contribution in [3.8, 4) is 0 Å². The lowest BCUT2D eigenvalue weighted by atomic mass is 9.84. The molecule has 18 heavy (non-hydrogen) atoms. The van der Waals surface area contributed by atoms with Crippen LogP contribution in [0.4, 0.5) is 0 Å². The maximum absolute atomic E-state index is 5.74. The van der Waals surface area contributed by atoms with Gasteiger partial charge in [-0.3, -0.25) is 11.3 Å². The molecule has 0 aliphatic rings. The number of ether oxygens (including phenoxy) is 1. The highest BCUT2D eigenvalue weighted by molar-refractivity contribution is 5.22. The monoisotopic (exact) mass is 250 g/mol. The molecule has 0 amide bonds. The van der Waals surface area contributed by atoms with Gasteiger partial charge in [0, 0.05) is 7.11 Å². The average Bonchev–Trinajstić information content (AvgIpc) is 2.42.